The summed E-state index contributed by atoms with van der Waals surface area (Å²) in [6.07, 6.45) is 0.620. The van der Waals surface area contributed by atoms with Crippen LogP contribution in [0.25, 0.3) is 0 Å². The molecular weight excluding hydrogens is 243 g/mol. The van der Waals surface area contributed by atoms with Crippen LogP contribution in [0, 0.1) is 6.92 Å². The van der Waals surface area contributed by atoms with Gasteiger partial charge in [0.05, 0.1) is 5.69 Å². The van der Waals surface area contributed by atoms with Crippen LogP contribution in [-0.4, -0.2) is 16.3 Å². The summed E-state index contributed by atoms with van der Waals surface area (Å²) < 4.78 is 39.7. The van der Waals surface area contributed by atoms with Crippen molar-refractivity contribution in [3.63, 3.8) is 0 Å². The summed E-state index contributed by atoms with van der Waals surface area (Å²) in [5, 5.41) is 10.2. The van der Waals surface area contributed by atoms with Gasteiger partial charge in [0.25, 0.3) is 0 Å². The molecule has 18 heavy (non-hydrogen) atoms. The molecule has 1 atom stereocenters. The second-order valence-corrected chi connectivity index (χ2v) is 4.42. The Morgan fingerprint density at radius 1 is 1.28 bits per heavy atom. The van der Waals surface area contributed by atoms with Gasteiger partial charge < -0.3 is 10.1 Å². The number of alkyl halides is 3. The number of aliphatic hydroxyl groups is 1. The lowest BCUT2D eigenvalue weighted by Crippen LogP contribution is -2.44. The minimum Gasteiger partial charge on any atom is -0.371 e. The number of nitrogens with one attached hydrogen (secondary N) is 1. The van der Waals surface area contributed by atoms with Crippen LogP contribution in [0.1, 0.15) is 24.2 Å². The average Bonchev–Trinajstić information content (AvgIpc) is 2.75. The largest absolute Gasteiger partial charge is 0.426 e. The summed E-state index contributed by atoms with van der Waals surface area (Å²) in [7, 11) is 0. The maximum Gasteiger partial charge on any atom is 0.426 e. The summed E-state index contributed by atoms with van der Waals surface area (Å²) in [5.41, 5.74) is -2.60. The molecule has 0 bridgehead atoms. The van der Waals surface area contributed by atoms with Crippen molar-refractivity contribution < 1.29 is 18.3 Å². The molecule has 1 aliphatic carbocycles. The third kappa shape index (κ3) is 1.99. The summed E-state index contributed by atoms with van der Waals surface area (Å²) >= 11 is 0. The minimum atomic E-state index is -4.75. The molecule has 0 saturated heterocycles. The van der Waals surface area contributed by atoms with E-state index in [0.29, 0.717) is 12.1 Å². The van der Waals surface area contributed by atoms with Crippen molar-refractivity contribution in [2.24, 2.45) is 0 Å². The smallest absolute Gasteiger partial charge is 0.371 e. The summed E-state index contributed by atoms with van der Waals surface area (Å²) in [6.45, 7) is 1.65. The zero-order chi connectivity index (χ0) is 13.4. The number of rotatable bonds is 2. The summed E-state index contributed by atoms with van der Waals surface area (Å²) in [4.78, 5) is 2.59. The number of halogens is 3. The highest BCUT2D eigenvalue weighted by molar-refractivity contribution is 5.36. The molecule has 1 aliphatic rings. The van der Waals surface area contributed by atoms with Crippen molar-refractivity contribution in [3.8, 4) is 0 Å². The fourth-order valence-electron chi connectivity index (χ4n) is 2.13. The molecule has 0 aromatic carbocycles. The molecular formula is C13H14F3NO. The zero-order valence-electron chi connectivity index (χ0n) is 9.88. The van der Waals surface area contributed by atoms with E-state index in [1.807, 2.05) is 0 Å². The summed E-state index contributed by atoms with van der Waals surface area (Å²) in [6, 6.07) is 2.80. The Bertz CT molecular complexity index is 499. The molecule has 0 saturated carbocycles. The van der Waals surface area contributed by atoms with E-state index in [-0.39, 0.29) is 17.7 Å². The standard InChI is InChI=1S/C13H14F3NO/c1-9-7-8-11(17-9)12(18,13(14,15)16)10-5-3-2-4-6-10/h2-3,5,7-8,17-18H,4,6H2,1H3. The van der Waals surface area contributed by atoms with E-state index in [2.05, 4.69) is 4.98 Å². The van der Waals surface area contributed by atoms with Gasteiger partial charge in [-0.1, -0.05) is 18.2 Å². The first-order valence-electron chi connectivity index (χ1n) is 5.67. The highest BCUT2D eigenvalue weighted by Gasteiger charge is 2.57. The predicted molar refractivity (Wildman–Crippen MR) is 61.9 cm³/mol. The monoisotopic (exact) mass is 257 g/mol. The topological polar surface area (TPSA) is 36.0 Å². The number of aromatic amines is 1. The molecule has 1 aromatic rings. The number of aromatic nitrogens is 1. The fourth-order valence-corrected chi connectivity index (χ4v) is 2.13. The van der Waals surface area contributed by atoms with Gasteiger partial charge in [0.15, 0.2) is 0 Å². The van der Waals surface area contributed by atoms with Crippen LogP contribution in [0.5, 0.6) is 0 Å². The minimum absolute atomic E-state index is 0.0284. The number of allylic oxidation sites excluding steroid dienone is 3. The zero-order valence-corrected chi connectivity index (χ0v) is 9.88. The third-order valence-corrected chi connectivity index (χ3v) is 3.11. The Morgan fingerprint density at radius 3 is 2.44 bits per heavy atom. The molecule has 2 nitrogen and oxygen atoms in total. The van der Waals surface area contributed by atoms with E-state index in [0.717, 1.165) is 0 Å². The molecule has 2 rings (SSSR count). The highest BCUT2D eigenvalue weighted by Crippen LogP contribution is 2.46. The normalized spacial score (nSPS) is 19.5. The van der Waals surface area contributed by atoms with Crippen LogP contribution in [-0.2, 0) is 5.60 Å². The molecule has 0 radical (unpaired) electrons. The van der Waals surface area contributed by atoms with E-state index in [1.54, 1.807) is 19.1 Å². The van der Waals surface area contributed by atoms with E-state index in [1.165, 1.54) is 18.2 Å². The van der Waals surface area contributed by atoms with Crippen molar-refractivity contribution in [1.29, 1.82) is 0 Å². The van der Waals surface area contributed by atoms with Gasteiger partial charge in [-0.3, -0.25) is 0 Å². The second kappa shape index (κ2) is 4.31. The maximum absolute atomic E-state index is 13.2. The molecule has 0 spiro atoms. The van der Waals surface area contributed by atoms with Crippen molar-refractivity contribution in [1.82, 2.24) is 4.98 Å². The molecule has 1 heterocycles. The van der Waals surface area contributed by atoms with Crippen LogP contribution in [0.2, 0.25) is 0 Å². The fraction of sp³-hybridized carbons (Fsp3) is 0.385. The van der Waals surface area contributed by atoms with Gasteiger partial charge >= 0.3 is 6.18 Å². The molecule has 0 amide bonds. The third-order valence-electron chi connectivity index (χ3n) is 3.11. The van der Waals surface area contributed by atoms with E-state index in [9.17, 15) is 18.3 Å². The molecule has 0 aliphatic heterocycles. The van der Waals surface area contributed by atoms with E-state index < -0.39 is 11.8 Å². The molecule has 1 aromatic heterocycles. The first-order chi connectivity index (χ1) is 8.35. The molecule has 0 fully saturated rings. The molecule has 5 heteroatoms. The lowest BCUT2D eigenvalue weighted by Gasteiger charge is -2.33. The maximum atomic E-state index is 13.2. The number of hydrogen-bond acceptors (Lipinski definition) is 1. The van der Waals surface area contributed by atoms with E-state index >= 15 is 0 Å². The highest BCUT2D eigenvalue weighted by atomic mass is 19.4. The first kappa shape index (κ1) is 13.0. The lowest BCUT2D eigenvalue weighted by molar-refractivity contribution is -0.252. The van der Waals surface area contributed by atoms with Gasteiger partial charge in [-0.25, -0.2) is 0 Å². The Hall–Kier alpha value is -1.49. The quantitative estimate of drug-likeness (QED) is 0.837. The number of hydrogen-bond donors (Lipinski definition) is 2. The first-order valence-corrected chi connectivity index (χ1v) is 5.67. The molecule has 1 unspecified atom stereocenters. The summed E-state index contributed by atoms with van der Waals surface area (Å²) in [5.74, 6) is 0. The van der Waals surface area contributed by atoms with Crippen LogP contribution >= 0.6 is 0 Å². The van der Waals surface area contributed by atoms with Crippen molar-refractivity contribution in [3.05, 3.63) is 47.3 Å². The van der Waals surface area contributed by atoms with Crippen LogP contribution in [0.3, 0.4) is 0 Å². The lowest BCUT2D eigenvalue weighted by atomic mass is 9.84. The van der Waals surface area contributed by atoms with Gasteiger partial charge in [0.2, 0.25) is 5.60 Å². The van der Waals surface area contributed by atoms with Crippen LogP contribution in [0.4, 0.5) is 13.2 Å². The van der Waals surface area contributed by atoms with Crippen molar-refractivity contribution in [2.75, 3.05) is 0 Å². The Morgan fingerprint density at radius 2 is 2.00 bits per heavy atom. The van der Waals surface area contributed by atoms with Crippen LogP contribution < -0.4 is 0 Å². The average molecular weight is 257 g/mol. The van der Waals surface area contributed by atoms with Gasteiger partial charge in [-0.15, -0.1) is 0 Å². The SMILES string of the molecule is Cc1ccc(C(O)(C2=CC=CCC2)C(F)(F)F)[nH]1. The van der Waals surface area contributed by atoms with Gasteiger partial charge in [0, 0.05) is 5.69 Å². The Labute approximate surface area is 103 Å². The molecule has 2 N–H and O–H groups in total. The van der Waals surface area contributed by atoms with Crippen molar-refractivity contribution in [2.45, 2.75) is 31.5 Å². The van der Waals surface area contributed by atoms with Crippen LogP contribution in [0.15, 0.2) is 35.9 Å². The number of H-pyrrole nitrogens is 1. The number of aryl methyl sites for hydroxylation is 1. The van der Waals surface area contributed by atoms with Gasteiger partial charge in [-0.2, -0.15) is 13.2 Å². The second-order valence-electron chi connectivity index (χ2n) is 4.42. The van der Waals surface area contributed by atoms with Gasteiger partial charge in [0.1, 0.15) is 0 Å². The van der Waals surface area contributed by atoms with Gasteiger partial charge in [-0.05, 0) is 37.5 Å². The van der Waals surface area contributed by atoms with Crippen molar-refractivity contribution >= 4 is 0 Å². The Balaban J connectivity index is 2.54. The Kier molecular flexibility index (Phi) is 3.11. The molecule has 98 valence electrons. The van der Waals surface area contributed by atoms with E-state index in [4.69, 9.17) is 0 Å². The predicted octanol–water partition coefficient (Wildman–Crippen LogP) is 3.35.